The fraction of sp³-hybridized carbons (Fsp3) is 0.250. The molecule has 2 aliphatic heterocycles. The molecule has 11 nitrogen and oxygen atoms in total. The average molecular weight is 682 g/mol. The van der Waals surface area contributed by atoms with Gasteiger partial charge in [-0.05, 0) is 67.4 Å². The highest BCUT2D eigenvalue weighted by Crippen LogP contribution is 2.34. The Bertz CT molecular complexity index is 2040. The Labute approximate surface area is 270 Å². The lowest BCUT2D eigenvalue weighted by atomic mass is 9.99. The maximum Gasteiger partial charge on any atom is 0.256 e. The summed E-state index contributed by atoms with van der Waals surface area (Å²) in [5.74, 6) is -2.80. The second kappa shape index (κ2) is 12.8. The van der Waals surface area contributed by atoms with Gasteiger partial charge in [0.1, 0.15) is 11.6 Å². The van der Waals surface area contributed by atoms with Gasteiger partial charge in [-0.15, -0.1) is 5.10 Å². The molecule has 2 aliphatic rings. The Balaban J connectivity index is 1.23. The van der Waals surface area contributed by atoms with E-state index >= 15 is 0 Å². The number of hydrogen-bond acceptors (Lipinski definition) is 9. The van der Waals surface area contributed by atoms with E-state index in [1.807, 2.05) is 4.90 Å². The topological polar surface area (TPSA) is 147 Å². The van der Waals surface area contributed by atoms with Crippen molar-refractivity contribution >= 4 is 43.0 Å². The zero-order valence-corrected chi connectivity index (χ0v) is 26.4. The first-order valence-electron chi connectivity index (χ1n) is 14.7. The third kappa shape index (κ3) is 6.45. The molecule has 1 N–H and O–H groups in total. The second-order valence-corrected chi connectivity index (χ2v) is 15.5. The molecule has 0 spiro atoms. The molecule has 244 valence electrons. The number of likely N-dealkylation sites (tertiary alicyclic amines) is 1. The largest absolute Gasteiger partial charge is 0.353 e. The Morgan fingerprint density at radius 2 is 1.55 bits per heavy atom. The smallest absolute Gasteiger partial charge is 0.256 e. The number of sulfone groups is 2. The van der Waals surface area contributed by atoms with Crippen LogP contribution in [-0.4, -0.2) is 75.2 Å². The molecule has 0 radical (unpaired) electrons. The molecule has 0 atom stereocenters. The third-order valence-corrected chi connectivity index (χ3v) is 12.4. The van der Waals surface area contributed by atoms with Gasteiger partial charge in [-0.3, -0.25) is 9.59 Å². The number of nitrogens with zero attached hydrogens (tertiary/aromatic N) is 4. The molecule has 2 amide bonds. The van der Waals surface area contributed by atoms with Crippen molar-refractivity contribution in [3.63, 3.8) is 0 Å². The molecule has 3 aromatic carbocycles. The van der Waals surface area contributed by atoms with E-state index in [0.29, 0.717) is 25.0 Å². The number of amides is 2. The van der Waals surface area contributed by atoms with Crippen molar-refractivity contribution in [2.75, 3.05) is 36.4 Å². The maximum atomic E-state index is 14.2. The lowest BCUT2D eigenvalue weighted by molar-refractivity contribution is -0.120. The van der Waals surface area contributed by atoms with Crippen molar-refractivity contribution in [1.29, 1.82) is 0 Å². The number of nitrogens with one attached hydrogen (secondary N) is 1. The van der Waals surface area contributed by atoms with Gasteiger partial charge >= 0.3 is 0 Å². The zero-order valence-electron chi connectivity index (χ0n) is 24.8. The molecular weight excluding hydrogens is 653 g/mol. The van der Waals surface area contributed by atoms with Gasteiger partial charge in [0.2, 0.25) is 15.7 Å². The fourth-order valence-electron chi connectivity index (χ4n) is 5.66. The Hall–Kier alpha value is -4.76. The number of carbonyl (C=O) groups is 2. The number of anilines is 2. The zero-order chi connectivity index (χ0) is 33.3. The van der Waals surface area contributed by atoms with E-state index in [-0.39, 0.29) is 51.9 Å². The molecule has 4 aromatic rings. The number of hydrogen-bond donors (Lipinski definition) is 1. The fourth-order valence-corrected chi connectivity index (χ4v) is 8.95. The van der Waals surface area contributed by atoms with Gasteiger partial charge in [0.05, 0.1) is 37.1 Å². The number of aromatic nitrogens is 2. The van der Waals surface area contributed by atoms with Crippen LogP contribution in [0.3, 0.4) is 0 Å². The number of rotatable bonds is 8. The average Bonchev–Trinajstić information content (AvgIpc) is 3.05. The Kier molecular flexibility index (Phi) is 8.76. The number of halogens is 2. The Morgan fingerprint density at radius 1 is 0.830 bits per heavy atom. The lowest BCUT2D eigenvalue weighted by Crippen LogP contribution is -2.52. The number of carbonyl (C=O) groups excluding carboxylic acids is 2. The van der Waals surface area contributed by atoms with Crippen LogP contribution in [0, 0.1) is 17.6 Å². The summed E-state index contributed by atoms with van der Waals surface area (Å²) in [6.45, 7) is 0.672. The summed E-state index contributed by atoms with van der Waals surface area (Å²) in [4.78, 5) is 28.5. The minimum atomic E-state index is -4.28. The lowest BCUT2D eigenvalue weighted by Gasteiger charge is -2.38. The summed E-state index contributed by atoms with van der Waals surface area (Å²) in [6.07, 6.45) is 1.56. The summed E-state index contributed by atoms with van der Waals surface area (Å²) in [5, 5.41) is 9.59. The third-order valence-electron chi connectivity index (χ3n) is 8.35. The van der Waals surface area contributed by atoms with Gasteiger partial charge in [0.15, 0.2) is 15.7 Å². The highest BCUT2D eigenvalue weighted by atomic mass is 32.2. The summed E-state index contributed by atoms with van der Waals surface area (Å²) in [6, 6.07) is 17.2. The highest BCUT2D eigenvalue weighted by molar-refractivity contribution is 7.92. The van der Waals surface area contributed by atoms with Gasteiger partial charge in [0.25, 0.3) is 5.91 Å². The highest BCUT2D eigenvalue weighted by Gasteiger charge is 2.37. The summed E-state index contributed by atoms with van der Waals surface area (Å²) >= 11 is 0. The maximum absolute atomic E-state index is 14.2. The van der Waals surface area contributed by atoms with Crippen molar-refractivity contribution in [3.05, 3.63) is 102 Å². The molecule has 47 heavy (non-hydrogen) atoms. The molecule has 3 heterocycles. The standard InChI is InChI=1S/C32H29F2N5O6S2/c33-22-8-10-26(27(34)17-22)32(41)38-15-12-24(13-16-38)46(42,43)25-9-11-28(29(18-25)47(44,45)23-5-2-1-3-6-23)36-31(40)21-19-39(20-21)30-7-4-14-35-37-30/h1-11,14,17-18,21,24H,12-13,15-16,19-20H2,(H,36,40). The van der Waals surface area contributed by atoms with Gasteiger partial charge in [-0.2, -0.15) is 5.10 Å². The van der Waals surface area contributed by atoms with Crippen LogP contribution >= 0.6 is 0 Å². The van der Waals surface area contributed by atoms with E-state index in [9.17, 15) is 35.2 Å². The molecule has 2 saturated heterocycles. The SMILES string of the molecule is O=C(Nc1ccc(S(=O)(=O)C2CCN(C(=O)c3ccc(F)cc3F)CC2)cc1S(=O)(=O)c1ccccc1)C1CN(c2cccnn2)C1. The molecule has 15 heteroatoms. The van der Waals surface area contributed by atoms with Gasteiger partial charge < -0.3 is 15.1 Å². The first-order valence-corrected chi connectivity index (χ1v) is 17.7. The predicted molar refractivity (Wildman–Crippen MR) is 167 cm³/mol. The van der Waals surface area contributed by atoms with Crippen molar-refractivity contribution in [3.8, 4) is 0 Å². The minimum absolute atomic E-state index is 0.00414. The first kappa shape index (κ1) is 32.2. The molecular formula is C32H29F2N5O6S2. The second-order valence-electron chi connectivity index (χ2n) is 11.3. The molecule has 2 fully saturated rings. The number of piperidine rings is 1. The van der Waals surface area contributed by atoms with Crippen LogP contribution < -0.4 is 10.2 Å². The summed E-state index contributed by atoms with van der Waals surface area (Å²) < 4.78 is 82.8. The number of benzene rings is 3. The monoisotopic (exact) mass is 681 g/mol. The Morgan fingerprint density at radius 3 is 2.21 bits per heavy atom. The quantitative estimate of drug-likeness (QED) is 0.294. The van der Waals surface area contributed by atoms with E-state index in [0.717, 1.165) is 18.2 Å². The first-order chi connectivity index (χ1) is 22.4. The molecule has 0 unspecified atom stereocenters. The van der Waals surface area contributed by atoms with Crippen LogP contribution in [-0.2, 0) is 24.5 Å². The molecule has 0 saturated carbocycles. The van der Waals surface area contributed by atoms with Crippen molar-refractivity contribution in [2.45, 2.75) is 32.8 Å². The van der Waals surface area contributed by atoms with Crippen LogP contribution in [0.15, 0.2) is 99.7 Å². The normalized spacial score (nSPS) is 16.0. The van der Waals surface area contributed by atoms with Crippen molar-refractivity contribution < 1.29 is 35.2 Å². The summed E-state index contributed by atoms with van der Waals surface area (Å²) in [7, 11) is -8.38. The minimum Gasteiger partial charge on any atom is -0.353 e. The van der Waals surface area contributed by atoms with E-state index in [1.165, 1.54) is 47.5 Å². The van der Waals surface area contributed by atoms with Crippen LogP contribution in [0.5, 0.6) is 0 Å². The molecule has 0 bridgehead atoms. The van der Waals surface area contributed by atoms with E-state index in [1.54, 1.807) is 18.2 Å². The molecule has 6 rings (SSSR count). The van der Waals surface area contributed by atoms with Gasteiger partial charge in [0, 0.05) is 38.4 Å². The van der Waals surface area contributed by atoms with Crippen LogP contribution in [0.4, 0.5) is 20.3 Å². The van der Waals surface area contributed by atoms with Gasteiger partial charge in [-0.1, -0.05) is 18.2 Å². The molecule has 1 aromatic heterocycles. The van der Waals surface area contributed by atoms with Crippen LogP contribution in [0.1, 0.15) is 23.2 Å². The van der Waals surface area contributed by atoms with E-state index in [2.05, 4.69) is 15.5 Å². The van der Waals surface area contributed by atoms with Gasteiger partial charge in [-0.25, -0.2) is 25.6 Å². The summed E-state index contributed by atoms with van der Waals surface area (Å²) in [5.41, 5.74) is -0.373. The van der Waals surface area contributed by atoms with Crippen LogP contribution in [0.2, 0.25) is 0 Å². The predicted octanol–water partition coefficient (Wildman–Crippen LogP) is 3.74. The van der Waals surface area contributed by atoms with E-state index < -0.39 is 54.3 Å². The van der Waals surface area contributed by atoms with Crippen LogP contribution in [0.25, 0.3) is 0 Å². The van der Waals surface area contributed by atoms with E-state index in [4.69, 9.17) is 0 Å². The van der Waals surface area contributed by atoms with Crippen molar-refractivity contribution in [2.24, 2.45) is 5.92 Å². The van der Waals surface area contributed by atoms with Crippen molar-refractivity contribution in [1.82, 2.24) is 15.1 Å². The molecule has 0 aliphatic carbocycles.